The van der Waals surface area contributed by atoms with Crippen LogP contribution in [-0.4, -0.2) is 17.5 Å². The number of nitrogens with one attached hydrogen (secondary N) is 1. The molecule has 0 heterocycles. The molecule has 0 saturated heterocycles. The predicted octanol–water partition coefficient (Wildman–Crippen LogP) is 3.19. The van der Waals surface area contributed by atoms with Crippen molar-refractivity contribution < 1.29 is 13.7 Å². The van der Waals surface area contributed by atoms with Crippen molar-refractivity contribution in [1.29, 1.82) is 0 Å². The number of hydrogen-bond donors (Lipinski definition) is 2. The van der Waals surface area contributed by atoms with Crippen LogP contribution in [0.15, 0.2) is 12.1 Å². The number of nitrogens with two attached hydrogens (primary N) is 1. The molecule has 1 aromatic carbocycles. The van der Waals surface area contributed by atoms with E-state index >= 15 is 0 Å². The van der Waals surface area contributed by atoms with Crippen LogP contribution in [0.1, 0.15) is 32.1 Å². The molecule has 1 aliphatic carbocycles. The number of nitrogens with zero attached hydrogens (tertiary/aromatic N) is 1. The number of benzene rings is 1. The number of halogens is 2. The fourth-order valence-electron chi connectivity index (χ4n) is 2.92. The summed E-state index contributed by atoms with van der Waals surface area (Å²) in [4.78, 5) is 10.3. The molecule has 0 bridgehead atoms. The van der Waals surface area contributed by atoms with Crippen molar-refractivity contribution in [3.63, 3.8) is 0 Å². The first kappa shape index (κ1) is 15.6. The number of anilines is 1. The second kappa shape index (κ2) is 6.80. The lowest BCUT2D eigenvalue weighted by Crippen LogP contribution is -2.37. The van der Waals surface area contributed by atoms with Crippen molar-refractivity contribution in [2.45, 2.75) is 38.1 Å². The van der Waals surface area contributed by atoms with Gasteiger partial charge in [0.15, 0.2) is 17.3 Å². The molecule has 1 fully saturated rings. The average molecular weight is 299 g/mol. The Hall–Kier alpha value is -1.76. The molecule has 1 unspecified atom stereocenters. The monoisotopic (exact) mass is 299 g/mol. The van der Waals surface area contributed by atoms with Crippen LogP contribution in [0.25, 0.3) is 0 Å². The largest absolute Gasteiger partial charge is 0.373 e. The standard InChI is InChI=1S/C14H19F2N3O2/c15-10-6-7-12(19(20)21)14(13(10)16)18-11(8-17)9-4-2-1-3-5-9/h6-7,9,11,18H,1-5,8,17H2. The number of nitro groups is 1. The van der Waals surface area contributed by atoms with Crippen molar-refractivity contribution in [3.05, 3.63) is 33.9 Å². The van der Waals surface area contributed by atoms with Crippen molar-refractivity contribution >= 4 is 11.4 Å². The van der Waals surface area contributed by atoms with Gasteiger partial charge in [0, 0.05) is 18.7 Å². The summed E-state index contributed by atoms with van der Waals surface area (Å²) in [5, 5.41) is 13.8. The molecule has 0 amide bonds. The normalized spacial score (nSPS) is 17.5. The molecule has 0 aromatic heterocycles. The summed E-state index contributed by atoms with van der Waals surface area (Å²) < 4.78 is 27.3. The molecule has 3 N–H and O–H groups in total. The minimum absolute atomic E-state index is 0.220. The Morgan fingerprint density at radius 2 is 2.00 bits per heavy atom. The summed E-state index contributed by atoms with van der Waals surface area (Å²) in [7, 11) is 0. The summed E-state index contributed by atoms with van der Waals surface area (Å²) in [6.07, 6.45) is 5.18. The molecular formula is C14H19F2N3O2. The highest BCUT2D eigenvalue weighted by molar-refractivity contribution is 5.63. The van der Waals surface area contributed by atoms with Crippen molar-refractivity contribution in [2.75, 3.05) is 11.9 Å². The lowest BCUT2D eigenvalue weighted by molar-refractivity contribution is -0.384. The van der Waals surface area contributed by atoms with E-state index in [0.717, 1.165) is 44.2 Å². The third kappa shape index (κ3) is 3.47. The van der Waals surface area contributed by atoms with Gasteiger partial charge in [-0.15, -0.1) is 0 Å². The van der Waals surface area contributed by atoms with Crippen LogP contribution in [-0.2, 0) is 0 Å². The van der Waals surface area contributed by atoms with Gasteiger partial charge in [-0.05, 0) is 24.8 Å². The van der Waals surface area contributed by atoms with Crippen LogP contribution >= 0.6 is 0 Å². The predicted molar refractivity (Wildman–Crippen MR) is 76.1 cm³/mol. The third-order valence-electron chi connectivity index (χ3n) is 4.07. The highest BCUT2D eigenvalue weighted by Crippen LogP contribution is 2.33. The summed E-state index contributed by atoms with van der Waals surface area (Å²) >= 11 is 0. The van der Waals surface area contributed by atoms with Crippen molar-refractivity contribution in [2.24, 2.45) is 11.7 Å². The maximum Gasteiger partial charge on any atom is 0.295 e. The van der Waals surface area contributed by atoms with Gasteiger partial charge in [-0.1, -0.05) is 19.3 Å². The molecule has 2 rings (SSSR count). The van der Waals surface area contributed by atoms with Crippen LogP contribution in [0, 0.1) is 27.7 Å². The Bertz CT molecular complexity index is 519. The summed E-state index contributed by atoms with van der Waals surface area (Å²) in [6.45, 7) is 0.220. The third-order valence-corrected chi connectivity index (χ3v) is 4.07. The van der Waals surface area contributed by atoms with Crippen molar-refractivity contribution in [1.82, 2.24) is 0 Å². The Morgan fingerprint density at radius 3 is 2.57 bits per heavy atom. The number of hydrogen-bond acceptors (Lipinski definition) is 4. The second-order valence-electron chi connectivity index (χ2n) is 5.40. The van der Waals surface area contributed by atoms with Crippen LogP contribution in [0.5, 0.6) is 0 Å². The molecule has 0 spiro atoms. The van der Waals surface area contributed by atoms with E-state index in [9.17, 15) is 18.9 Å². The molecule has 1 atom stereocenters. The summed E-state index contributed by atoms with van der Waals surface area (Å²) in [6, 6.07) is 1.44. The molecule has 1 aromatic rings. The van der Waals surface area contributed by atoms with Gasteiger partial charge in [-0.2, -0.15) is 0 Å². The number of rotatable bonds is 5. The molecule has 116 valence electrons. The van der Waals surface area contributed by atoms with Gasteiger partial charge in [0.25, 0.3) is 5.69 Å². The van der Waals surface area contributed by atoms with Gasteiger partial charge in [0.1, 0.15) is 0 Å². The van der Waals surface area contributed by atoms with Gasteiger partial charge in [-0.25, -0.2) is 8.78 Å². The molecule has 0 aliphatic heterocycles. The zero-order chi connectivity index (χ0) is 15.4. The van der Waals surface area contributed by atoms with E-state index in [1.807, 2.05) is 0 Å². The molecule has 21 heavy (non-hydrogen) atoms. The van der Waals surface area contributed by atoms with E-state index in [-0.39, 0.29) is 18.5 Å². The van der Waals surface area contributed by atoms with Gasteiger partial charge in [0.2, 0.25) is 0 Å². The van der Waals surface area contributed by atoms with E-state index in [1.54, 1.807) is 0 Å². The van der Waals surface area contributed by atoms with Crippen LogP contribution in [0.3, 0.4) is 0 Å². The van der Waals surface area contributed by atoms with E-state index in [1.165, 1.54) is 0 Å². The van der Waals surface area contributed by atoms with Gasteiger partial charge < -0.3 is 11.1 Å². The van der Waals surface area contributed by atoms with E-state index < -0.39 is 27.9 Å². The molecule has 1 saturated carbocycles. The highest BCUT2D eigenvalue weighted by Gasteiger charge is 2.28. The van der Waals surface area contributed by atoms with E-state index in [4.69, 9.17) is 5.73 Å². The van der Waals surface area contributed by atoms with Gasteiger partial charge in [-0.3, -0.25) is 10.1 Å². The quantitative estimate of drug-likeness (QED) is 0.646. The van der Waals surface area contributed by atoms with Gasteiger partial charge in [0.05, 0.1) is 4.92 Å². The second-order valence-corrected chi connectivity index (χ2v) is 5.40. The van der Waals surface area contributed by atoms with Crippen LogP contribution < -0.4 is 11.1 Å². The molecule has 1 aliphatic rings. The molecular weight excluding hydrogens is 280 g/mol. The smallest absolute Gasteiger partial charge is 0.295 e. The number of nitro benzene ring substituents is 1. The van der Waals surface area contributed by atoms with Gasteiger partial charge >= 0.3 is 0 Å². The van der Waals surface area contributed by atoms with E-state index in [0.29, 0.717) is 0 Å². The first-order valence-corrected chi connectivity index (χ1v) is 7.13. The zero-order valence-electron chi connectivity index (χ0n) is 11.6. The fraction of sp³-hybridized carbons (Fsp3) is 0.571. The summed E-state index contributed by atoms with van der Waals surface area (Å²) in [5.74, 6) is -2.10. The molecule has 0 radical (unpaired) electrons. The van der Waals surface area contributed by atoms with E-state index in [2.05, 4.69) is 5.32 Å². The Kier molecular flexibility index (Phi) is 5.06. The average Bonchev–Trinajstić information content (AvgIpc) is 2.49. The lowest BCUT2D eigenvalue weighted by atomic mass is 9.83. The minimum Gasteiger partial charge on any atom is -0.373 e. The first-order chi connectivity index (χ1) is 10.0. The SMILES string of the molecule is NCC(Nc1c([N+](=O)[O-])ccc(F)c1F)C1CCCCC1. The molecule has 5 nitrogen and oxygen atoms in total. The minimum atomic E-state index is -1.22. The Morgan fingerprint density at radius 1 is 1.33 bits per heavy atom. The highest BCUT2D eigenvalue weighted by atomic mass is 19.2. The Labute approximate surface area is 121 Å². The summed E-state index contributed by atoms with van der Waals surface area (Å²) in [5.41, 5.74) is 4.85. The first-order valence-electron chi connectivity index (χ1n) is 7.13. The van der Waals surface area contributed by atoms with Crippen LogP contribution in [0.2, 0.25) is 0 Å². The van der Waals surface area contributed by atoms with Crippen molar-refractivity contribution in [3.8, 4) is 0 Å². The Balaban J connectivity index is 2.27. The fourth-order valence-corrected chi connectivity index (χ4v) is 2.92. The lowest BCUT2D eigenvalue weighted by Gasteiger charge is -2.30. The topological polar surface area (TPSA) is 81.2 Å². The molecule has 7 heteroatoms. The maximum absolute atomic E-state index is 13.9. The maximum atomic E-state index is 13.9. The van der Waals surface area contributed by atoms with Crippen LogP contribution in [0.4, 0.5) is 20.2 Å². The zero-order valence-corrected chi connectivity index (χ0v) is 11.6.